The fourth-order valence-corrected chi connectivity index (χ4v) is 5.76. The summed E-state index contributed by atoms with van der Waals surface area (Å²) in [5, 5.41) is 9.27. The molecule has 174 valence electrons. The van der Waals surface area contributed by atoms with Crippen molar-refractivity contribution in [3.63, 3.8) is 0 Å². The maximum atomic E-state index is 13.1. The van der Waals surface area contributed by atoms with Crippen LogP contribution in [0.25, 0.3) is 0 Å². The first-order chi connectivity index (χ1) is 15.3. The molecule has 1 fully saturated rings. The van der Waals surface area contributed by atoms with Gasteiger partial charge in [0.2, 0.25) is 10.0 Å². The summed E-state index contributed by atoms with van der Waals surface area (Å²) in [5.41, 5.74) is 2.10. The van der Waals surface area contributed by atoms with Crippen molar-refractivity contribution in [3.8, 4) is 0 Å². The molecule has 0 spiro atoms. The number of carboxylic acids is 1. The molecule has 2 aromatic rings. The lowest BCUT2D eigenvalue weighted by Crippen LogP contribution is -2.30. The molecule has 0 radical (unpaired) electrons. The molecule has 0 aromatic heterocycles. The van der Waals surface area contributed by atoms with Crippen molar-refractivity contribution in [2.75, 3.05) is 0 Å². The Hall–Kier alpha value is -1.89. The summed E-state index contributed by atoms with van der Waals surface area (Å²) in [6.07, 6.45) is 9.21. The largest absolute Gasteiger partial charge is 0.481 e. The van der Waals surface area contributed by atoms with E-state index in [4.69, 9.17) is 16.7 Å². The normalized spacial score (nSPS) is 16.0. The predicted octanol–water partition coefficient (Wildman–Crippen LogP) is 6.13. The second-order valence-corrected chi connectivity index (χ2v) is 10.9. The second-order valence-electron chi connectivity index (χ2n) is 8.71. The monoisotopic (exact) mass is 477 g/mol. The van der Waals surface area contributed by atoms with Crippen LogP contribution in [-0.4, -0.2) is 19.5 Å². The molecule has 2 aromatic carbocycles. The Morgan fingerprint density at radius 3 is 2.28 bits per heavy atom. The minimum Gasteiger partial charge on any atom is -0.481 e. The van der Waals surface area contributed by atoms with Crippen LogP contribution >= 0.6 is 11.6 Å². The third kappa shape index (κ3) is 7.61. The molecule has 3 rings (SSSR count). The Morgan fingerprint density at radius 2 is 1.66 bits per heavy atom. The Balaban J connectivity index is 1.73. The van der Waals surface area contributed by atoms with Gasteiger partial charge < -0.3 is 5.11 Å². The molecule has 1 saturated carbocycles. The van der Waals surface area contributed by atoms with Crippen LogP contribution in [0.2, 0.25) is 5.02 Å². The van der Waals surface area contributed by atoms with E-state index in [-0.39, 0.29) is 17.4 Å². The van der Waals surface area contributed by atoms with Crippen molar-refractivity contribution in [2.24, 2.45) is 5.92 Å². The predicted molar refractivity (Wildman–Crippen MR) is 127 cm³/mol. The summed E-state index contributed by atoms with van der Waals surface area (Å²) in [7, 11) is -3.68. The molecule has 5 nitrogen and oxygen atoms in total. The minimum absolute atomic E-state index is 0.189. The number of nitrogens with one attached hydrogen (secondary N) is 1. The van der Waals surface area contributed by atoms with Gasteiger partial charge >= 0.3 is 5.97 Å². The molecule has 0 bridgehead atoms. The molecule has 0 heterocycles. The molecule has 0 saturated heterocycles. The zero-order valence-electron chi connectivity index (χ0n) is 18.3. The van der Waals surface area contributed by atoms with Crippen molar-refractivity contribution in [1.82, 2.24) is 4.72 Å². The highest BCUT2D eigenvalue weighted by atomic mass is 35.5. The van der Waals surface area contributed by atoms with Gasteiger partial charge in [-0.3, -0.25) is 4.79 Å². The molecule has 1 atom stereocenters. The third-order valence-electron chi connectivity index (χ3n) is 6.20. The SMILES string of the molecule is O=C(O)CCCCc1ccc(C(CC2CCCCC2)NS(=O)(=O)c2ccc(Cl)cc2)cc1. The summed E-state index contributed by atoms with van der Waals surface area (Å²) in [4.78, 5) is 10.9. The van der Waals surface area contributed by atoms with Gasteiger partial charge in [0, 0.05) is 17.5 Å². The van der Waals surface area contributed by atoms with Crippen molar-refractivity contribution in [3.05, 3.63) is 64.7 Å². The van der Waals surface area contributed by atoms with E-state index in [0.717, 1.165) is 43.2 Å². The van der Waals surface area contributed by atoms with Crippen molar-refractivity contribution < 1.29 is 18.3 Å². The van der Waals surface area contributed by atoms with Gasteiger partial charge in [-0.15, -0.1) is 0 Å². The van der Waals surface area contributed by atoms with Gasteiger partial charge in [0.05, 0.1) is 4.90 Å². The number of rotatable bonds is 11. The van der Waals surface area contributed by atoms with Crippen molar-refractivity contribution in [2.45, 2.75) is 75.1 Å². The molecule has 1 aliphatic carbocycles. The summed E-state index contributed by atoms with van der Waals surface area (Å²) in [6, 6.07) is 14.0. The van der Waals surface area contributed by atoms with Crippen LogP contribution in [0.5, 0.6) is 0 Å². The molecule has 2 N–H and O–H groups in total. The zero-order valence-corrected chi connectivity index (χ0v) is 19.9. The lowest BCUT2D eigenvalue weighted by molar-refractivity contribution is -0.137. The van der Waals surface area contributed by atoms with E-state index in [0.29, 0.717) is 17.4 Å². The minimum atomic E-state index is -3.68. The smallest absolute Gasteiger partial charge is 0.303 e. The van der Waals surface area contributed by atoms with Crippen LogP contribution < -0.4 is 4.72 Å². The average Bonchev–Trinajstić information content (AvgIpc) is 2.77. The molecule has 1 unspecified atom stereocenters. The molecular formula is C25H32ClNO4S. The van der Waals surface area contributed by atoms with Gasteiger partial charge in [-0.2, -0.15) is 0 Å². The molecule has 0 amide bonds. The quantitative estimate of drug-likeness (QED) is 0.381. The second kappa shape index (κ2) is 11.8. The highest BCUT2D eigenvalue weighted by molar-refractivity contribution is 7.89. The molecule has 0 aliphatic heterocycles. The Kier molecular flexibility index (Phi) is 9.14. The van der Waals surface area contributed by atoms with E-state index in [1.54, 1.807) is 12.1 Å². The topological polar surface area (TPSA) is 83.5 Å². The van der Waals surface area contributed by atoms with E-state index in [1.165, 1.54) is 31.4 Å². The number of sulfonamides is 1. The Labute approximate surface area is 196 Å². The fourth-order valence-electron chi connectivity index (χ4n) is 4.40. The summed E-state index contributed by atoms with van der Waals surface area (Å²) in [5.74, 6) is -0.253. The van der Waals surface area contributed by atoms with E-state index in [9.17, 15) is 13.2 Å². The van der Waals surface area contributed by atoms with Crippen LogP contribution in [0.15, 0.2) is 53.4 Å². The van der Waals surface area contributed by atoms with Gasteiger partial charge in [-0.25, -0.2) is 13.1 Å². The summed E-state index contributed by atoms with van der Waals surface area (Å²) >= 11 is 5.92. The van der Waals surface area contributed by atoms with Crippen molar-refractivity contribution in [1.29, 1.82) is 0 Å². The maximum absolute atomic E-state index is 13.1. The van der Waals surface area contributed by atoms with Gasteiger partial charge in [0.15, 0.2) is 0 Å². The van der Waals surface area contributed by atoms with E-state index < -0.39 is 16.0 Å². The van der Waals surface area contributed by atoms with E-state index in [1.807, 2.05) is 24.3 Å². The molecular weight excluding hydrogens is 446 g/mol. The van der Waals surface area contributed by atoms with E-state index >= 15 is 0 Å². The Morgan fingerprint density at radius 1 is 1.00 bits per heavy atom. The number of carboxylic acid groups (broad SMARTS) is 1. The van der Waals surface area contributed by atoms with Gasteiger partial charge in [0.25, 0.3) is 0 Å². The van der Waals surface area contributed by atoms with Crippen molar-refractivity contribution >= 4 is 27.6 Å². The van der Waals surface area contributed by atoms with Crippen LogP contribution in [0.3, 0.4) is 0 Å². The third-order valence-corrected chi connectivity index (χ3v) is 7.94. The fraction of sp³-hybridized carbons (Fsp3) is 0.480. The van der Waals surface area contributed by atoms with Crippen LogP contribution in [0.1, 0.15) is 75.0 Å². The molecule has 1 aliphatic rings. The lowest BCUT2D eigenvalue weighted by Gasteiger charge is -2.27. The highest BCUT2D eigenvalue weighted by Gasteiger charge is 2.25. The number of halogens is 1. The standard InChI is InChI=1S/C25H32ClNO4S/c26-22-14-16-23(17-15-22)32(30,31)27-24(18-20-7-2-1-3-8-20)21-12-10-19(11-13-21)6-4-5-9-25(28)29/h10-17,20,24,27H,1-9,18H2,(H,28,29). The number of aryl methyl sites for hydroxylation is 1. The van der Waals surface area contributed by atoms with Crippen LogP contribution in [0.4, 0.5) is 0 Å². The maximum Gasteiger partial charge on any atom is 0.303 e. The van der Waals surface area contributed by atoms with Crippen LogP contribution in [0, 0.1) is 5.92 Å². The van der Waals surface area contributed by atoms with Gasteiger partial charge in [-0.05, 0) is 67.0 Å². The lowest BCUT2D eigenvalue weighted by atomic mass is 9.83. The average molecular weight is 478 g/mol. The summed E-state index contributed by atoms with van der Waals surface area (Å²) < 4.78 is 29.1. The van der Waals surface area contributed by atoms with Gasteiger partial charge in [-0.1, -0.05) is 68.0 Å². The zero-order chi connectivity index (χ0) is 23.0. The first-order valence-corrected chi connectivity index (χ1v) is 13.3. The number of hydrogen-bond donors (Lipinski definition) is 2. The first kappa shape index (κ1) is 24.7. The first-order valence-electron chi connectivity index (χ1n) is 11.4. The summed E-state index contributed by atoms with van der Waals surface area (Å²) in [6.45, 7) is 0. The number of carbonyl (C=O) groups is 1. The van der Waals surface area contributed by atoms with E-state index in [2.05, 4.69) is 4.72 Å². The molecule has 7 heteroatoms. The van der Waals surface area contributed by atoms with Crippen LogP contribution in [-0.2, 0) is 21.2 Å². The Bertz CT molecular complexity index is 968. The van der Waals surface area contributed by atoms with Gasteiger partial charge in [0.1, 0.15) is 0 Å². The number of hydrogen-bond acceptors (Lipinski definition) is 3. The number of aliphatic carboxylic acids is 1. The number of benzene rings is 2. The molecule has 32 heavy (non-hydrogen) atoms. The number of unbranched alkanes of at least 4 members (excludes halogenated alkanes) is 1. The highest BCUT2D eigenvalue weighted by Crippen LogP contribution is 2.33.